The molecule has 1 aliphatic carbocycles. The van der Waals surface area contributed by atoms with Gasteiger partial charge in [0, 0.05) is 11.7 Å². The van der Waals surface area contributed by atoms with E-state index in [0.717, 1.165) is 5.92 Å². The van der Waals surface area contributed by atoms with Gasteiger partial charge < -0.3 is 5.32 Å². The second-order valence-corrected chi connectivity index (χ2v) is 6.52. The van der Waals surface area contributed by atoms with Crippen LogP contribution in [0.3, 0.4) is 0 Å². The first-order valence-electron chi connectivity index (χ1n) is 6.83. The van der Waals surface area contributed by atoms with E-state index in [2.05, 4.69) is 57.3 Å². The molecule has 94 valence electrons. The fourth-order valence-corrected chi connectivity index (χ4v) is 2.44. The topological polar surface area (TPSA) is 12.0 Å². The molecule has 1 atom stereocenters. The zero-order valence-corrected chi connectivity index (χ0v) is 11.6. The Labute approximate surface area is 106 Å². The Hall–Kier alpha value is -0.980. The van der Waals surface area contributed by atoms with E-state index in [1.54, 1.807) is 0 Å². The Morgan fingerprint density at radius 3 is 2.47 bits per heavy atom. The van der Waals surface area contributed by atoms with E-state index in [4.69, 9.17) is 0 Å². The molecule has 2 rings (SSSR count). The van der Waals surface area contributed by atoms with Gasteiger partial charge in [0.1, 0.15) is 0 Å². The number of nitrogens with one attached hydrogen (secondary N) is 1. The van der Waals surface area contributed by atoms with Gasteiger partial charge in [0.15, 0.2) is 0 Å². The van der Waals surface area contributed by atoms with Gasteiger partial charge in [-0.05, 0) is 36.3 Å². The quantitative estimate of drug-likeness (QED) is 0.799. The van der Waals surface area contributed by atoms with Crippen LogP contribution >= 0.6 is 0 Å². The van der Waals surface area contributed by atoms with Crippen LogP contribution in [0.4, 0.5) is 5.69 Å². The molecule has 1 aromatic carbocycles. The maximum Gasteiger partial charge on any atom is 0.0380 e. The van der Waals surface area contributed by atoms with Gasteiger partial charge in [-0.1, -0.05) is 51.8 Å². The van der Waals surface area contributed by atoms with Gasteiger partial charge in [-0.2, -0.15) is 0 Å². The molecular weight excluding hydrogens is 206 g/mol. The summed E-state index contributed by atoms with van der Waals surface area (Å²) in [5.41, 5.74) is 2.94. The monoisotopic (exact) mass is 231 g/mol. The third kappa shape index (κ3) is 3.49. The van der Waals surface area contributed by atoms with Crippen LogP contribution in [0.15, 0.2) is 24.3 Å². The number of hydrogen-bond donors (Lipinski definition) is 1. The largest absolute Gasteiger partial charge is 0.382 e. The first-order chi connectivity index (χ1) is 7.97. The molecule has 0 saturated heterocycles. The standard InChI is InChI=1S/C16H25N/c1-12(11-13-9-10-13)17-15-8-6-5-7-14(15)16(2,3)4/h5-8,12-13,17H,9-11H2,1-4H3. The van der Waals surface area contributed by atoms with E-state index in [9.17, 15) is 0 Å². The highest BCUT2D eigenvalue weighted by Crippen LogP contribution is 2.35. The highest BCUT2D eigenvalue weighted by Gasteiger charge is 2.24. The van der Waals surface area contributed by atoms with Gasteiger partial charge in [-0.25, -0.2) is 0 Å². The summed E-state index contributed by atoms with van der Waals surface area (Å²) in [5, 5.41) is 3.69. The normalized spacial score (nSPS) is 17.9. The van der Waals surface area contributed by atoms with Crippen molar-refractivity contribution < 1.29 is 0 Å². The van der Waals surface area contributed by atoms with Gasteiger partial charge in [-0.15, -0.1) is 0 Å². The van der Waals surface area contributed by atoms with Crippen LogP contribution in [0.1, 0.15) is 52.5 Å². The first-order valence-corrected chi connectivity index (χ1v) is 6.83. The molecule has 1 aliphatic rings. The molecule has 17 heavy (non-hydrogen) atoms. The Balaban J connectivity index is 2.08. The third-order valence-electron chi connectivity index (χ3n) is 3.52. The van der Waals surface area contributed by atoms with Gasteiger partial charge in [0.2, 0.25) is 0 Å². The van der Waals surface area contributed by atoms with Crippen LogP contribution in [-0.2, 0) is 5.41 Å². The molecule has 1 heteroatoms. The van der Waals surface area contributed by atoms with Crippen LogP contribution in [0.2, 0.25) is 0 Å². The molecule has 0 spiro atoms. The maximum absolute atomic E-state index is 3.69. The molecule has 1 fully saturated rings. The second-order valence-electron chi connectivity index (χ2n) is 6.52. The van der Waals surface area contributed by atoms with E-state index < -0.39 is 0 Å². The fourth-order valence-electron chi connectivity index (χ4n) is 2.44. The second kappa shape index (κ2) is 4.72. The van der Waals surface area contributed by atoms with Gasteiger partial charge in [0.05, 0.1) is 0 Å². The summed E-state index contributed by atoms with van der Waals surface area (Å²) in [7, 11) is 0. The predicted molar refractivity (Wildman–Crippen MR) is 75.6 cm³/mol. The van der Waals surface area contributed by atoms with Crippen molar-refractivity contribution >= 4 is 5.69 Å². The molecule has 0 aromatic heterocycles. The lowest BCUT2D eigenvalue weighted by molar-refractivity contribution is 0.586. The summed E-state index contributed by atoms with van der Waals surface area (Å²) in [5.74, 6) is 0.985. The average Bonchev–Trinajstić information content (AvgIpc) is 3.00. The molecule has 1 N–H and O–H groups in total. The number of rotatable bonds is 4. The Morgan fingerprint density at radius 1 is 1.24 bits per heavy atom. The number of anilines is 1. The molecule has 1 unspecified atom stereocenters. The van der Waals surface area contributed by atoms with Gasteiger partial charge in [0.25, 0.3) is 0 Å². The van der Waals surface area contributed by atoms with Gasteiger partial charge >= 0.3 is 0 Å². The number of hydrogen-bond acceptors (Lipinski definition) is 1. The summed E-state index contributed by atoms with van der Waals surface area (Å²) in [4.78, 5) is 0. The predicted octanol–water partition coefficient (Wildman–Crippen LogP) is 4.58. The van der Waals surface area contributed by atoms with E-state index in [1.165, 1.54) is 30.5 Å². The van der Waals surface area contributed by atoms with E-state index >= 15 is 0 Å². The van der Waals surface area contributed by atoms with Crippen molar-refractivity contribution in [3.05, 3.63) is 29.8 Å². The van der Waals surface area contributed by atoms with Crippen molar-refractivity contribution in [3.8, 4) is 0 Å². The molecule has 0 aliphatic heterocycles. The zero-order valence-electron chi connectivity index (χ0n) is 11.6. The van der Waals surface area contributed by atoms with E-state index in [-0.39, 0.29) is 5.41 Å². The highest BCUT2D eigenvalue weighted by atomic mass is 14.9. The summed E-state index contributed by atoms with van der Waals surface area (Å²) in [6.45, 7) is 9.13. The molecule has 0 radical (unpaired) electrons. The maximum atomic E-state index is 3.69. The zero-order chi connectivity index (χ0) is 12.5. The van der Waals surface area contributed by atoms with E-state index in [1.807, 2.05) is 0 Å². The Kier molecular flexibility index (Phi) is 3.46. The lowest BCUT2D eigenvalue weighted by Crippen LogP contribution is -2.20. The molecule has 0 bridgehead atoms. The smallest absolute Gasteiger partial charge is 0.0380 e. The van der Waals surface area contributed by atoms with Crippen LogP contribution in [0, 0.1) is 5.92 Å². The molecule has 1 saturated carbocycles. The minimum Gasteiger partial charge on any atom is -0.382 e. The number of para-hydroxylation sites is 1. The first kappa shape index (κ1) is 12.5. The molecule has 0 heterocycles. The minimum absolute atomic E-state index is 0.211. The summed E-state index contributed by atoms with van der Waals surface area (Å²) in [6, 6.07) is 9.31. The van der Waals surface area contributed by atoms with Crippen molar-refractivity contribution in [3.63, 3.8) is 0 Å². The average molecular weight is 231 g/mol. The molecule has 1 aromatic rings. The Bertz CT molecular complexity index is 371. The molecular formula is C16H25N. The summed E-state index contributed by atoms with van der Waals surface area (Å²) >= 11 is 0. The van der Waals surface area contributed by atoms with Crippen molar-refractivity contribution in [2.75, 3.05) is 5.32 Å². The summed E-state index contributed by atoms with van der Waals surface area (Å²) < 4.78 is 0. The van der Waals surface area contributed by atoms with Crippen molar-refractivity contribution in [2.24, 2.45) is 5.92 Å². The van der Waals surface area contributed by atoms with Crippen molar-refractivity contribution in [1.82, 2.24) is 0 Å². The fraction of sp³-hybridized carbons (Fsp3) is 0.625. The van der Waals surface area contributed by atoms with Crippen LogP contribution in [0.5, 0.6) is 0 Å². The van der Waals surface area contributed by atoms with E-state index in [0.29, 0.717) is 6.04 Å². The van der Waals surface area contributed by atoms with Crippen molar-refractivity contribution in [2.45, 2.75) is 58.4 Å². The van der Waals surface area contributed by atoms with Crippen LogP contribution in [-0.4, -0.2) is 6.04 Å². The number of benzene rings is 1. The van der Waals surface area contributed by atoms with Crippen molar-refractivity contribution in [1.29, 1.82) is 0 Å². The van der Waals surface area contributed by atoms with Gasteiger partial charge in [-0.3, -0.25) is 0 Å². The highest BCUT2D eigenvalue weighted by molar-refractivity contribution is 5.54. The lowest BCUT2D eigenvalue weighted by atomic mass is 9.85. The van der Waals surface area contributed by atoms with Crippen LogP contribution in [0.25, 0.3) is 0 Å². The minimum atomic E-state index is 0.211. The SMILES string of the molecule is CC(CC1CC1)Nc1ccccc1C(C)(C)C. The van der Waals surface area contributed by atoms with Crippen LogP contribution < -0.4 is 5.32 Å². The third-order valence-corrected chi connectivity index (χ3v) is 3.52. The molecule has 0 amide bonds. The summed E-state index contributed by atoms with van der Waals surface area (Å²) in [6.07, 6.45) is 4.19. The molecule has 1 nitrogen and oxygen atoms in total. The Morgan fingerprint density at radius 2 is 1.88 bits per heavy atom. The lowest BCUT2D eigenvalue weighted by Gasteiger charge is -2.25.